The first-order valence-corrected chi connectivity index (χ1v) is 21.5. The van der Waals surface area contributed by atoms with Crippen LogP contribution in [0.1, 0.15) is 55.3 Å². The average Bonchev–Trinajstić information content (AvgIpc) is 4.18. The normalized spacial score (nSPS) is 25.1. The first kappa shape index (κ1) is 49.9. The lowest BCUT2D eigenvalue weighted by Gasteiger charge is -2.14. The molecule has 3 saturated heterocycles. The molecule has 0 aliphatic carbocycles. The highest BCUT2D eigenvalue weighted by molar-refractivity contribution is 8.00. The lowest BCUT2D eigenvalue weighted by Crippen LogP contribution is -2.33. The Kier molecular flexibility index (Phi) is 17.0. The number of aliphatic hydroxyl groups excluding tert-OH is 4. The summed E-state index contributed by atoms with van der Waals surface area (Å²) < 4.78 is 27.5. The molecule has 0 bridgehead atoms. The first-order valence-electron chi connectivity index (χ1n) is 20.5. The van der Waals surface area contributed by atoms with Gasteiger partial charge in [-0.1, -0.05) is 11.2 Å². The number of aromatic nitrogens is 10. The molecule has 0 saturated carbocycles. The minimum absolute atomic E-state index is 0.0111. The summed E-state index contributed by atoms with van der Waals surface area (Å²) in [5, 5.41) is 39.4. The molecule has 4 aliphatic rings. The fourth-order valence-corrected chi connectivity index (χ4v) is 7.92. The van der Waals surface area contributed by atoms with Crippen molar-refractivity contribution in [3.63, 3.8) is 0 Å². The summed E-state index contributed by atoms with van der Waals surface area (Å²) in [6.07, 6.45) is 9.47. The first-order chi connectivity index (χ1) is 32.2. The third kappa shape index (κ3) is 12.1. The Morgan fingerprint density at radius 3 is 2.15 bits per heavy atom. The summed E-state index contributed by atoms with van der Waals surface area (Å²) in [7, 11) is 0. The predicted octanol–water partition coefficient (Wildman–Crippen LogP) is -1.71. The SMILES string of the molecule is Cc1cn([C@H]2C=C[C@@H](CO)O2)c(=O)[nH]c1=O.Cc1cn([C@H]2C[C@H](N=[N+]=[N-])[C@@H](CO)O2)c(=O)[nH]c1=O.Nc1ccn([C@@H]2CS[C@H](CO)O2)c(=O)n1.O=c1[nH]cnc2c1ncn2[C@H]1CC[C@@H](CO)O1. The number of hydrogen-bond acceptors (Lipinski definition) is 20. The van der Waals surface area contributed by atoms with Crippen molar-refractivity contribution in [1.29, 1.82) is 0 Å². The monoisotopic (exact) mass is 956 g/mol. The number of nitrogens with two attached hydrogens (primary N) is 1. The van der Waals surface area contributed by atoms with Crippen molar-refractivity contribution in [1.82, 2.24) is 48.2 Å². The lowest BCUT2D eigenvalue weighted by molar-refractivity contribution is -0.0271. The molecule has 5 aromatic heterocycles. The van der Waals surface area contributed by atoms with Gasteiger partial charge >= 0.3 is 17.1 Å². The van der Waals surface area contributed by atoms with Gasteiger partial charge in [-0.25, -0.2) is 24.4 Å². The van der Waals surface area contributed by atoms with Crippen LogP contribution in [0.5, 0.6) is 0 Å². The van der Waals surface area contributed by atoms with Gasteiger partial charge in [0.15, 0.2) is 17.4 Å². The quantitative estimate of drug-likeness (QED) is 0.0353. The number of aromatic amines is 3. The van der Waals surface area contributed by atoms with E-state index in [4.69, 9.17) is 50.6 Å². The fourth-order valence-electron chi connectivity index (χ4n) is 6.99. The summed E-state index contributed by atoms with van der Waals surface area (Å²) in [6, 6.07) is 1.00. The van der Waals surface area contributed by atoms with Crippen LogP contribution in [-0.2, 0) is 18.9 Å². The van der Waals surface area contributed by atoms with Crippen LogP contribution < -0.4 is 39.5 Å². The topological polar surface area (TPSA) is 401 Å². The summed E-state index contributed by atoms with van der Waals surface area (Å²) >= 11 is 1.47. The highest BCUT2D eigenvalue weighted by Gasteiger charge is 2.36. The Bertz CT molecular complexity index is 2940. The van der Waals surface area contributed by atoms with Crippen molar-refractivity contribution in [3.05, 3.63) is 134 Å². The summed E-state index contributed by atoms with van der Waals surface area (Å²) in [6.45, 7) is 2.69. The van der Waals surface area contributed by atoms with Gasteiger partial charge in [0.2, 0.25) is 0 Å². The molecule has 0 unspecified atom stereocenters. The van der Waals surface area contributed by atoms with E-state index >= 15 is 0 Å². The van der Waals surface area contributed by atoms with E-state index in [1.54, 1.807) is 49.2 Å². The Balaban J connectivity index is 0.000000148. The standard InChI is InChI=1S/C10H13N5O4.C10H12N4O3.C10H12N2O4.C8H11N3O3S/c1-5-3-15(10(18)12-9(5)17)8-2-6(13-14-11)7(4-16)19-8;15-3-6-1-2-7(17-6)14-5-13-8-9(14)11-4-12-10(8)16;1-6-4-12(10(15)11-9(6)14)8-3-2-7(5-13)16-8;9-5-1-2-11(8(13)10-5)6-4-15-7(3-12)14-6/h3,6-8,16H,2,4H2,1H3,(H,12,17,18);4-7,15H,1-3H2,(H,11,12,16);2-4,7-8,13H,5H2,1H3,(H,11,14,15);1-2,6-7,12H,3-4H2,(H2,9,10,13)/t6-,7+,8+;6-,7+;7-,8+;6-,7+/m0000/s1. The maximum Gasteiger partial charge on any atom is 0.351 e. The van der Waals surface area contributed by atoms with E-state index in [2.05, 4.69) is 39.9 Å². The van der Waals surface area contributed by atoms with E-state index < -0.39 is 58.9 Å². The number of aryl methyl sites for hydroxylation is 2. The van der Waals surface area contributed by atoms with E-state index in [1.807, 2.05) is 0 Å². The minimum Gasteiger partial charge on any atom is -0.394 e. The molecule has 67 heavy (non-hydrogen) atoms. The fraction of sp³-hybridized carbons (Fsp3) is 0.500. The number of aliphatic hydroxyl groups is 4. The van der Waals surface area contributed by atoms with Crippen LogP contribution in [0.3, 0.4) is 0 Å². The molecule has 0 radical (unpaired) electrons. The van der Waals surface area contributed by atoms with Crippen LogP contribution in [0.2, 0.25) is 0 Å². The van der Waals surface area contributed by atoms with Gasteiger partial charge in [0.05, 0.1) is 57.3 Å². The van der Waals surface area contributed by atoms with Crippen molar-refractivity contribution in [2.75, 3.05) is 37.9 Å². The van der Waals surface area contributed by atoms with Crippen molar-refractivity contribution in [2.45, 2.75) is 87.8 Å². The zero-order chi connectivity index (χ0) is 48.4. The Labute approximate surface area is 379 Å². The number of hydrogen-bond donors (Lipinski definition) is 8. The van der Waals surface area contributed by atoms with E-state index in [0.29, 0.717) is 28.0 Å². The number of imidazole rings is 1. The van der Waals surface area contributed by atoms with Gasteiger partial charge in [0, 0.05) is 46.8 Å². The molecule has 3 fully saturated rings. The molecular weight excluding hydrogens is 909 g/mol. The molecule has 9 N–H and O–H groups in total. The van der Waals surface area contributed by atoms with Gasteiger partial charge in [0.1, 0.15) is 36.0 Å². The summed E-state index contributed by atoms with van der Waals surface area (Å²) in [4.78, 5) is 89.8. The van der Waals surface area contributed by atoms with Crippen LogP contribution in [0, 0.1) is 13.8 Å². The second kappa shape index (κ2) is 22.8. The van der Waals surface area contributed by atoms with Crippen LogP contribution in [0.15, 0.2) is 83.3 Å². The van der Waals surface area contributed by atoms with E-state index in [9.17, 15) is 28.8 Å². The maximum atomic E-state index is 11.7. The minimum atomic E-state index is -0.671. The van der Waals surface area contributed by atoms with Crippen molar-refractivity contribution in [2.24, 2.45) is 5.11 Å². The second-order valence-electron chi connectivity index (χ2n) is 15.0. The molecule has 9 atom stereocenters. The summed E-state index contributed by atoms with van der Waals surface area (Å²) in [5.74, 6) is 0.817. The molecule has 0 amide bonds. The Hall–Kier alpha value is -6.53. The van der Waals surface area contributed by atoms with Crippen LogP contribution in [0.25, 0.3) is 21.6 Å². The van der Waals surface area contributed by atoms with Gasteiger partial charge in [-0.15, -0.1) is 11.8 Å². The molecule has 28 nitrogen and oxygen atoms in total. The highest BCUT2D eigenvalue weighted by atomic mass is 32.2. The smallest absolute Gasteiger partial charge is 0.351 e. The third-order valence-electron chi connectivity index (χ3n) is 10.5. The maximum absolute atomic E-state index is 11.7. The average molecular weight is 957 g/mol. The van der Waals surface area contributed by atoms with Gasteiger partial charge in [-0.2, -0.15) is 4.98 Å². The van der Waals surface area contributed by atoms with Crippen molar-refractivity contribution in [3.8, 4) is 0 Å². The van der Waals surface area contributed by atoms with Gasteiger partial charge in [-0.05, 0) is 44.4 Å². The number of anilines is 1. The van der Waals surface area contributed by atoms with E-state index in [-0.39, 0.29) is 68.2 Å². The largest absolute Gasteiger partial charge is 0.394 e. The zero-order valence-corrected chi connectivity index (χ0v) is 36.6. The number of nitrogens with one attached hydrogen (secondary N) is 3. The highest BCUT2D eigenvalue weighted by Crippen LogP contribution is 2.32. The lowest BCUT2D eigenvalue weighted by atomic mass is 10.1. The number of ether oxygens (including phenoxy) is 4. The van der Waals surface area contributed by atoms with Crippen molar-refractivity contribution < 1.29 is 39.4 Å². The molecule has 9 rings (SSSR count). The van der Waals surface area contributed by atoms with Crippen LogP contribution in [-0.4, -0.2) is 131 Å². The number of nitrogen functional groups attached to an aromatic ring is 1. The van der Waals surface area contributed by atoms with Crippen LogP contribution >= 0.6 is 11.8 Å². The van der Waals surface area contributed by atoms with E-state index in [1.165, 1.54) is 44.2 Å². The molecular formula is C38H48N14O14S. The second-order valence-corrected chi connectivity index (χ2v) is 16.2. The number of nitrogens with zero attached hydrogens (tertiary/aromatic N) is 10. The number of rotatable bonds is 9. The van der Waals surface area contributed by atoms with Gasteiger partial charge in [-0.3, -0.25) is 42.6 Å². The third-order valence-corrected chi connectivity index (χ3v) is 11.6. The van der Waals surface area contributed by atoms with Crippen LogP contribution in [0.4, 0.5) is 5.82 Å². The molecule has 29 heteroatoms. The van der Waals surface area contributed by atoms with Crippen molar-refractivity contribution >= 4 is 28.7 Å². The molecule has 5 aromatic rings. The Morgan fingerprint density at radius 1 is 0.821 bits per heavy atom. The number of azide groups is 1. The molecule has 360 valence electrons. The van der Waals surface area contributed by atoms with Gasteiger partial charge < -0.3 is 50.1 Å². The van der Waals surface area contributed by atoms with E-state index in [0.717, 1.165) is 12.8 Å². The molecule has 0 aromatic carbocycles. The number of fused-ring (bicyclic) bond motifs is 1. The molecule has 4 aliphatic heterocycles. The Morgan fingerprint density at radius 2 is 1.54 bits per heavy atom. The van der Waals surface area contributed by atoms with Gasteiger partial charge in [0.25, 0.3) is 16.7 Å². The predicted molar refractivity (Wildman–Crippen MR) is 236 cm³/mol. The number of thioether (sulfide) groups is 1. The molecule has 9 heterocycles. The molecule has 0 spiro atoms. The zero-order valence-electron chi connectivity index (χ0n) is 35.8. The summed E-state index contributed by atoms with van der Waals surface area (Å²) in [5.41, 5.74) is 12.5. The number of H-pyrrole nitrogens is 3.